The summed E-state index contributed by atoms with van der Waals surface area (Å²) in [6.45, 7) is 1.10. The van der Waals surface area contributed by atoms with Gasteiger partial charge in [-0.05, 0) is 42.8 Å². The Morgan fingerprint density at radius 2 is 2.05 bits per heavy atom. The maximum atomic E-state index is 11.8. The largest absolute Gasteiger partial charge is 0.508 e. The standard InChI is InChI=1S/C14H16N2O2S/c1-16(9-13-3-2-8-19-13)10-14(18)15-11-4-6-12(17)7-5-11/h2-8,17H,9-10H2,1H3,(H,15,18). The lowest BCUT2D eigenvalue weighted by molar-refractivity contribution is -0.117. The predicted octanol–water partition coefficient (Wildman–Crippen LogP) is 2.52. The van der Waals surface area contributed by atoms with Gasteiger partial charge in [-0.2, -0.15) is 0 Å². The summed E-state index contributed by atoms with van der Waals surface area (Å²) >= 11 is 1.68. The number of rotatable bonds is 5. The van der Waals surface area contributed by atoms with Crippen LogP contribution < -0.4 is 5.32 Å². The average molecular weight is 276 g/mol. The van der Waals surface area contributed by atoms with E-state index in [0.29, 0.717) is 12.2 Å². The van der Waals surface area contributed by atoms with Gasteiger partial charge in [0.1, 0.15) is 5.75 Å². The lowest BCUT2D eigenvalue weighted by atomic mass is 10.3. The number of benzene rings is 1. The molecule has 0 radical (unpaired) electrons. The van der Waals surface area contributed by atoms with Gasteiger partial charge in [0, 0.05) is 17.1 Å². The van der Waals surface area contributed by atoms with Gasteiger partial charge in [0.25, 0.3) is 0 Å². The molecule has 2 aromatic rings. The molecular formula is C14H16N2O2S. The van der Waals surface area contributed by atoms with E-state index in [1.54, 1.807) is 35.6 Å². The summed E-state index contributed by atoms with van der Waals surface area (Å²) in [6.07, 6.45) is 0. The van der Waals surface area contributed by atoms with Crippen molar-refractivity contribution in [1.82, 2.24) is 4.90 Å². The number of amides is 1. The van der Waals surface area contributed by atoms with E-state index in [9.17, 15) is 4.79 Å². The highest BCUT2D eigenvalue weighted by Crippen LogP contribution is 2.14. The van der Waals surface area contributed by atoms with E-state index in [0.717, 1.165) is 6.54 Å². The molecular weight excluding hydrogens is 260 g/mol. The number of likely N-dealkylation sites (N-methyl/N-ethyl adjacent to an activating group) is 1. The Bertz CT molecular complexity index is 523. The lowest BCUT2D eigenvalue weighted by Gasteiger charge is -2.15. The monoisotopic (exact) mass is 276 g/mol. The highest BCUT2D eigenvalue weighted by molar-refractivity contribution is 7.09. The molecule has 19 heavy (non-hydrogen) atoms. The fourth-order valence-corrected chi connectivity index (χ4v) is 2.50. The van der Waals surface area contributed by atoms with Crippen molar-refractivity contribution in [3.63, 3.8) is 0 Å². The number of nitrogens with one attached hydrogen (secondary N) is 1. The summed E-state index contributed by atoms with van der Waals surface area (Å²) < 4.78 is 0. The van der Waals surface area contributed by atoms with Gasteiger partial charge >= 0.3 is 0 Å². The molecule has 0 bridgehead atoms. The number of thiophene rings is 1. The fraction of sp³-hybridized carbons (Fsp3) is 0.214. The molecule has 0 saturated heterocycles. The number of aromatic hydroxyl groups is 1. The highest BCUT2D eigenvalue weighted by atomic mass is 32.1. The molecule has 5 heteroatoms. The summed E-state index contributed by atoms with van der Waals surface area (Å²) in [6, 6.07) is 10.5. The van der Waals surface area contributed by atoms with Crippen molar-refractivity contribution in [2.24, 2.45) is 0 Å². The van der Waals surface area contributed by atoms with Gasteiger partial charge in [-0.25, -0.2) is 0 Å². The first-order valence-electron chi connectivity index (χ1n) is 5.93. The number of carbonyl (C=O) groups is 1. The molecule has 0 spiro atoms. The molecule has 0 aliphatic heterocycles. The summed E-state index contributed by atoms with van der Waals surface area (Å²) in [5, 5.41) is 14.0. The number of phenols is 1. The van der Waals surface area contributed by atoms with Crippen molar-refractivity contribution in [3.05, 3.63) is 46.7 Å². The zero-order valence-corrected chi connectivity index (χ0v) is 11.5. The first kappa shape index (κ1) is 13.6. The molecule has 0 atom stereocenters. The van der Waals surface area contributed by atoms with Crippen LogP contribution in [0.3, 0.4) is 0 Å². The molecule has 2 N–H and O–H groups in total. The minimum atomic E-state index is -0.0651. The van der Waals surface area contributed by atoms with Crippen LogP contribution in [0.4, 0.5) is 5.69 Å². The zero-order valence-electron chi connectivity index (χ0n) is 10.7. The van der Waals surface area contributed by atoms with Crippen LogP contribution in [-0.4, -0.2) is 29.5 Å². The Morgan fingerprint density at radius 1 is 1.32 bits per heavy atom. The van der Waals surface area contributed by atoms with Gasteiger partial charge < -0.3 is 10.4 Å². The number of phenolic OH excluding ortho intramolecular Hbond substituents is 1. The Labute approximate surface area is 116 Å². The summed E-state index contributed by atoms with van der Waals surface area (Å²) in [5.74, 6) is 0.123. The SMILES string of the molecule is CN(CC(=O)Nc1ccc(O)cc1)Cc1cccs1. The Kier molecular flexibility index (Phi) is 4.54. The van der Waals surface area contributed by atoms with Crippen molar-refractivity contribution >= 4 is 22.9 Å². The Balaban J connectivity index is 1.82. The smallest absolute Gasteiger partial charge is 0.238 e. The molecule has 1 aromatic heterocycles. The number of nitrogens with zero attached hydrogens (tertiary/aromatic N) is 1. The Hall–Kier alpha value is -1.85. The molecule has 0 saturated carbocycles. The average Bonchev–Trinajstić information content (AvgIpc) is 2.84. The van der Waals surface area contributed by atoms with E-state index in [2.05, 4.69) is 11.4 Å². The zero-order chi connectivity index (χ0) is 13.7. The molecule has 0 fully saturated rings. The van der Waals surface area contributed by atoms with Crippen molar-refractivity contribution in [2.45, 2.75) is 6.54 Å². The normalized spacial score (nSPS) is 10.6. The summed E-state index contributed by atoms with van der Waals surface area (Å²) in [5.41, 5.74) is 0.687. The van der Waals surface area contributed by atoms with Gasteiger partial charge in [0.05, 0.1) is 6.54 Å². The van der Waals surface area contributed by atoms with Crippen LogP contribution in [0.1, 0.15) is 4.88 Å². The van der Waals surface area contributed by atoms with E-state index < -0.39 is 0 Å². The second-order valence-corrected chi connectivity index (χ2v) is 5.38. The first-order valence-corrected chi connectivity index (χ1v) is 6.81. The van der Waals surface area contributed by atoms with Crippen molar-refractivity contribution in [1.29, 1.82) is 0 Å². The number of hydrogen-bond acceptors (Lipinski definition) is 4. The van der Waals surface area contributed by atoms with Crippen LogP contribution >= 0.6 is 11.3 Å². The van der Waals surface area contributed by atoms with Gasteiger partial charge in [0.2, 0.25) is 5.91 Å². The van der Waals surface area contributed by atoms with E-state index in [1.165, 1.54) is 4.88 Å². The topological polar surface area (TPSA) is 52.6 Å². The van der Waals surface area contributed by atoms with Crippen LogP contribution in [0.2, 0.25) is 0 Å². The fourth-order valence-electron chi connectivity index (χ4n) is 1.71. The van der Waals surface area contributed by atoms with E-state index in [1.807, 2.05) is 23.4 Å². The second kappa shape index (κ2) is 6.36. The lowest BCUT2D eigenvalue weighted by Crippen LogP contribution is -2.29. The van der Waals surface area contributed by atoms with Crippen LogP contribution in [-0.2, 0) is 11.3 Å². The maximum Gasteiger partial charge on any atom is 0.238 e. The molecule has 1 heterocycles. The van der Waals surface area contributed by atoms with Crippen LogP contribution in [0, 0.1) is 0 Å². The predicted molar refractivity (Wildman–Crippen MR) is 77.4 cm³/mol. The second-order valence-electron chi connectivity index (χ2n) is 4.35. The first-order chi connectivity index (χ1) is 9.13. The van der Waals surface area contributed by atoms with Crippen LogP contribution in [0.5, 0.6) is 5.75 Å². The summed E-state index contributed by atoms with van der Waals surface area (Å²) in [4.78, 5) is 15.0. The van der Waals surface area contributed by atoms with E-state index in [4.69, 9.17) is 5.11 Å². The highest BCUT2D eigenvalue weighted by Gasteiger charge is 2.08. The third kappa shape index (κ3) is 4.39. The van der Waals surface area contributed by atoms with Gasteiger partial charge in [-0.1, -0.05) is 6.07 Å². The third-order valence-corrected chi connectivity index (χ3v) is 3.43. The molecule has 0 aliphatic carbocycles. The van der Waals surface area contributed by atoms with Crippen LogP contribution in [0.15, 0.2) is 41.8 Å². The Morgan fingerprint density at radius 3 is 2.68 bits per heavy atom. The number of anilines is 1. The molecule has 4 nitrogen and oxygen atoms in total. The van der Waals surface area contributed by atoms with Crippen molar-refractivity contribution < 1.29 is 9.90 Å². The maximum absolute atomic E-state index is 11.8. The third-order valence-electron chi connectivity index (χ3n) is 2.57. The van der Waals surface area contributed by atoms with Crippen molar-refractivity contribution in [2.75, 3.05) is 18.9 Å². The number of carbonyl (C=O) groups excluding carboxylic acids is 1. The molecule has 100 valence electrons. The van der Waals surface area contributed by atoms with Gasteiger partial charge in [-0.15, -0.1) is 11.3 Å². The number of hydrogen-bond donors (Lipinski definition) is 2. The molecule has 0 aliphatic rings. The molecule has 1 aromatic carbocycles. The van der Waals surface area contributed by atoms with Gasteiger partial charge in [0.15, 0.2) is 0 Å². The van der Waals surface area contributed by atoms with Crippen molar-refractivity contribution in [3.8, 4) is 5.75 Å². The van der Waals surface area contributed by atoms with Crippen LogP contribution in [0.25, 0.3) is 0 Å². The minimum absolute atomic E-state index is 0.0651. The molecule has 1 amide bonds. The van der Waals surface area contributed by atoms with E-state index >= 15 is 0 Å². The quantitative estimate of drug-likeness (QED) is 0.825. The molecule has 0 unspecified atom stereocenters. The summed E-state index contributed by atoms with van der Waals surface area (Å²) in [7, 11) is 1.91. The van der Waals surface area contributed by atoms with E-state index in [-0.39, 0.29) is 11.7 Å². The minimum Gasteiger partial charge on any atom is -0.508 e. The van der Waals surface area contributed by atoms with Gasteiger partial charge in [-0.3, -0.25) is 9.69 Å². The molecule has 2 rings (SSSR count).